The first-order chi connectivity index (χ1) is 10.7. The van der Waals surface area contributed by atoms with Crippen LogP contribution in [0.5, 0.6) is 0 Å². The molecule has 5 nitrogen and oxygen atoms in total. The van der Waals surface area contributed by atoms with E-state index in [1.165, 1.54) is 0 Å². The van der Waals surface area contributed by atoms with E-state index in [4.69, 9.17) is 5.73 Å². The Morgan fingerprint density at radius 3 is 2.68 bits per heavy atom. The fourth-order valence-electron chi connectivity index (χ4n) is 2.49. The highest BCUT2D eigenvalue weighted by Gasteiger charge is 2.11. The fourth-order valence-corrected chi connectivity index (χ4v) is 2.49. The lowest BCUT2D eigenvalue weighted by molar-refractivity contribution is 0.112. The van der Waals surface area contributed by atoms with E-state index >= 15 is 0 Å². The summed E-state index contributed by atoms with van der Waals surface area (Å²) in [4.78, 5) is 24.4. The summed E-state index contributed by atoms with van der Waals surface area (Å²) in [6.07, 6.45) is 2.57. The van der Waals surface area contributed by atoms with Crippen molar-refractivity contribution >= 4 is 23.3 Å². The predicted octanol–water partition coefficient (Wildman–Crippen LogP) is 3.04. The van der Waals surface area contributed by atoms with Crippen molar-refractivity contribution in [3.05, 3.63) is 47.7 Å². The molecule has 0 fully saturated rings. The number of nitrogen functional groups attached to an aromatic ring is 1. The second-order valence-electron chi connectivity index (χ2n) is 5.05. The van der Waals surface area contributed by atoms with Crippen LogP contribution in [0.2, 0.25) is 0 Å². The predicted molar refractivity (Wildman–Crippen MR) is 86.6 cm³/mol. The topological polar surface area (TPSA) is 81.8 Å². The zero-order valence-electron chi connectivity index (χ0n) is 12.3. The number of carbonyl (C=O) groups is 1. The Kier molecular flexibility index (Phi) is 3.78. The lowest BCUT2D eigenvalue weighted by Gasteiger charge is -2.08. The lowest BCUT2D eigenvalue weighted by atomic mass is 10.0. The molecule has 1 aromatic carbocycles. The molecule has 5 heteroatoms. The van der Waals surface area contributed by atoms with Crippen molar-refractivity contribution in [2.75, 3.05) is 5.73 Å². The first-order valence-electron chi connectivity index (χ1n) is 7.20. The molecule has 0 aliphatic carbocycles. The highest BCUT2D eigenvalue weighted by atomic mass is 16.1. The molecule has 0 spiro atoms. The summed E-state index contributed by atoms with van der Waals surface area (Å²) in [5.74, 6) is 0.263. The van der Waals surface area contributed by atoms with Crippen LogP contribution in [-0.4, -0.2) is 21.2 Å². The number of hydrogen-bond donors (Lipinski definition) is 1. The third-order valence-electron chi connectivity index (χ3n) is 3.48. The Morgan fingerprint density at radius 1 is 1.09 bits per heavy atom. The molecule has 0 unspecified atom stereocenters. The summed E-state index contributed by atoms with van der Waals surface area (Å²) < 4.78 is 0. The number of rotatable bonds is 4. The first kappa shape index (κ1) is 14.1. The molecule has 0 amide bonds. The molecule has 0 atom stereocenters. The minimum atomic E-state index is 0.263. The number of nitrogens with two attached hydrogens (primary N) is 1. The summed E-state index contributed by atoms with van der Waals surface area (Å²) in [6.45, 7) is 2.08. The second kappa shape index (κ2) is 5.89. The van der Waals surface area contributed by atoms with Gasteiger partial charge in [0.25, 0.3) is 0 Å². The van der Waals surface area contributed by atoms with Crippen LogP contribution in [0.3, 0.4) is 0 Å². The van der Waals surface area contributed by atoms with Gasteiger partial charge in [0.15, 0.2) is 6.29 Å². The van der Waals surface area contributed by atoms with Gasteiger partial charge in [0.05, 0.1) is 16.9 Å². The maximum absolute atomic E-state index is 11.2. The van der Waals surface area contributed by atoms with E-state index in [0.29, 0.717) is 5.56 Å². The Bertz CT molecular complexity index is 845. The van der Waals surface area contributed by atoms with Crippen LogP contribution in [-0.2, 0) is 6.42 Å². The van der Waals surface area contributed by atoms with Crippen molar-refractivity contribution in [2.24, 2.45) is 0 Å². The van der Waals surface area contributed by atoms with Crippen molar-refractivity contribution in [2.45, 2.75) is 19.8 Å². The van der Waals surface area contributed by atoms with Crippen LogP contribution in [0.25, 0.3) is 22.3 Å². The zero-order chi connectivity index (χ0) is 15.5. The number of benzene rings is 1. The van der Waals surface area contributed by atoms with Crippen molar-refractivity contribution in [3.63, 3.8) is 0 Å². The Labute approximate surface area is 128 Å². The number of anilines is 1. The van der Waals surface area contributed by atoms with E-state index in [2.05, 4.69) is 21.9 Å². The lowest BCUT2D eigenvalue weighted by Crippen LogP contribution is -2.03. The summed E-state index contributed by atoms with van der Waals surface area (Å²) in [7, 11) is 0. The van der Waals surface area contributed by atoms with Gasteiger partial charge < -0.3 is 5.73 Å². The zero-order valence-corrected chi connectivity index (χ0v) is 12.3. The third kappa shape index (κ3) is 2.53. The standard InChI is InChI=1S/C17H16N4O/c1-2-5-14-16-15(21-17(18)20-14)9-8-13(19-16)12-7-4-3-6-11(12)10-22/h3-4,6-10H,2,5H2,1H3,(H2,18,20,21). The molecule has 2 aromatic heterocycles. The van der Waals surface area contributed by atoms with Gasteiger partial charge in [-0.2, -0.15) is 0 Å². The maximum Gasteiger partial charge on any atom is 0.220 e. The fraction of sp³-hybridized carbons (Fsp3) is 0.176. The molecule has 0 radical (unpaired) electrons. The van der Waals surface area contributed by atoms with Crippen molar-refractivity contribution in [1.29, 1.82) is 0 Å². The molecule has 3 aromatic rings. The van der Waals surface area contributed by atoms with Crippen LogP contribution in [0.1, 0.15) is 29.4 Å². The highest BCUT2D eigenvalue weighted by molar-refractivity contribution is 5.88. The molecule has 0 saturated heterocycles. The molecule has 22 heavy (non-hydrogen) atoms. The maximum atomic E-state index is 11.2. The number of aldehydes is 1. The third-order valence-corrected chi connectivity index (χ3v) is 3.48. The van der Waals surface area contributed by atoms with Gasteiger partial charge in [0.1, 0.15) is 5.52 Å². The van der Waals surface area contributed by atoms with Gasteiger partial charge >= 0.3 is 0 Å². The Balaban J connectivity index is 2.22. The largest absolute Gasteiger partial charge is 0.368 e. The molecule has 0 aliphatic heterocycles. The second-order valence-corrected chi connectivity index (χ2v) is 5.05. The van der Waals surface area contributed by atoms with Crippen LogP contribution in [0, 0.1) is 0 Å². The molecule has 3 rings (SSSR count). The van der Waals surface area contributed by atoms with Gasteiger partial charge in [-0.05, 0) is 18.6 Å². The van der Waals surface area contributed by atoms with Crippen LogP contribution in [0.15, 0.2) is 36.4 Å². The Hall–Kier alpha value is -2.82. The van der Waals surface area contributed by atoms with Gasteiger partial charge in [0, 0.05) is 11.1 Å². The number of carbonyl (C=O) groups excluding carboxylic acids is 1. The number of fused-ring (bicyclic) bond motifs is 1. The smallest absolute Gasteiger partial charge is 0.220 e. The van der Waals surface area contributed by atoms with Crippen molar-refractivity contribution < 1.29 is 4.79 Å². The number of aryl methyl sites for hydroxylation is 1. The quantitative estimate of drug-likeness (QED) is 0.747. The van der Waals surface area contributed by atoms with Crippen LogP contribution < -0.4 is 5.73 Å². The number of aromatic nitrogens is 3. The average molecular weight is 292 g/mol. The van der Waals surface area contributed by atoms with E-state index in [0.717, 1.165) is 47.1 Å². The summed E-state index contributed by atoms with van der Waals surface area (Å²) in [5, 5.41) is 0. The van der Waals surface area contributed by atoms with E-state index in [-0.39, 0.29) is 5.95 Å². The SMILES string of the molecule is CCCc1nc(N)nc2ccc(-c3ccccc3C=O)nc12. The molecule has 0 bridgehead atoms. The minimum Gasteiger partial charge on any atom is -0.368 e. The average Bonchev–Trinajstić information content (AvgIpc) is 2.54. The molecule has 0 saturated carbocycles. The van der Waals surface area contributed by atoms with Gasteiger partial charge in [-0.25, -0.2) is 15.0 Å². The van der Waals surface area contributed by atoms with Crippen molar-refractivity contribution in [1.82, 2.24) is 15.0 Å². The first-order valence-corrected chi connectivity index (χ1v) is 7.20. The summed E-state index contributed by atoms with van der Waals surface area (Å²) >= 11 is 0. The minimum absolute atomic E-state index is 0.263. The summed E-state index contributed by atoms with van der Waals surface area (Å²) in [5.41, 5.74) is 10.2. The Morgan fingerprint density at radius 2 is 1.91 bits per heavy atom. The molecular formula is C17H16N4O. The van der Waals surface area contributed by atoms with Gasteiger partial charge in [0.2, 0.25) is 5.95 Å². The van der Waals surface area contributed by atoms with E-state index in [1.54, 1.807) is 6.07 Å². The molecular weight excluding hydrogens is 276 g/mol. The number of hydrogen-bond acceptors (Lipinski definition) is 5. The normalized spacial score (nSPS) is 10.8. The van der Waals surface area contributed by atoms with Gasteiger partial charge in [-0.15, -0.1) is 0 Å². The van der Waals surface area contributed by atoms with Crippen LogP contribution in [0.4, 0.5) is 5.95 Å². The molecule has 2 N–H and O–H groups in total. The van der Waals surface area contributed by atoms with Crippen molar-refractivity contribution in [3.8, 4) is 11.3 Å². The molecule has 2 heterocycles. The van der Waals surface area contributed by atoms with E-state index < -0.39 is 0 Å². The van der Waals surface area contributed by atoms with Gasteiger partial charge in [-0.3, -0.25) is 4.79 Å². The van der Waals surface area contributed by atoms with E-state index in [1.807, 2.05) is 30.3 Å². The molecule has 110 valence electrons. The van der Waals surface area contributed by atoms with Crippen LogP contribution >= 0.6 is 0 Å². The summed E-state index contributed by atoms with van der Waals surface area (Å²) in [6, 6.07) is 11.1. The number of nitrogens with zero attached hydrogens (tertiary/aromatic N) is 3. The monoisotopic (exact) mass is 292 g/mol. The number of pyridine rings is 1. The van der Waals surface area contributed by atoms with Gasteiger partial charge in [-0.1, -0.05) is 37.6 Å². The van der Waals surface area contributed by atoms with E-state index in [9.17, 15) is 4.79 Å². The molecule has 0 aliphatic rings. The highest BCUT2D eigenvalue weighted by Crippen LogP contribution is 2.24.